The third-order valence-electron chi connectivity index (χ3n) is 4.96. The predicted molar refractivity (Wildman–Crippen MR) is 106 cm³/mol. The fourth-order valence-electron chi connectivity index (χ4n) is 3.35. The van der Waals surface area contributed by atoms with E-state index in [1.54, 1.807) is 0 Å². The zero-order valence-corrected chi connectivity index (χ0v) is 16.6. The van der Waals surface area contributed by atoms with E-state index in [9.17, 15) is 8.42 Å². The molecule has 1 atom stereocenters. The minimum Gasteiger partial charge on any atom is -0.340 e. The highest BCUT2D eigenvalue weighted by molar-refractivity contribution is 7.91. The Morgan fingerprint density at radius 2 is 2.00 bits per heavy atom. The van der Waals surface area contributed by atoms with Crippen LogP contribution in [0.15, 0.2) is 24.3 Å². The standard InChI is InChI=1S/C19H26N4O2S/c1-5-23(16-9-10-26(24,25)12-16)19-20-14(3)11-18(22-19)21-17-8-6-7-13(2)15(17)4/h6-8,11,16H,5,9-10,12H2,1-4H3,(H,20,21,22). The lowest BCUT2D eigenvalue weighted by Gasteiger charge is -2.27. The topological polar surface area (TPSA) is 75.2 Å². The third kappa shape index (κ3) is 3.98. The van der Waals surface area contributed by atoms with Gasteiger partial charge in [-0.15, -0.1) is 0 Å². The van der Waals surface area contributed by atoms with E-state index in [2.05, 4.69) is 35.2 Å². The Kier molecular flexibility index (Phi) is 5.18. The van der Waals surface area contributed by atoms with E-state index in [1.807, 2.05) is 36.9 Å². The molecule has 26 heavy (non-hydrogen) atoms. The molecule has 1 N–H and O–H groups in total. The van der Waals surface area contributed by atoms with Gasteiger partial charge in [0, 0.05) is 30.0 Å². The molecule has 0 aliphatic carbocycles. The number of nitrogens with one attached hydrogen (secondary N) is 1. The molecule has 1 unspecified atom stereocenters. The number of aromatic nitrogens is 2. The van der Waals surface area contributed by atoms with E-state index >= 15 is 0 Å². The average Bonchev–Trinajstić information content (AvgIpc) is 2.92. The number of sulfone groups is 1. The number of hydrogen-bond acceptors (Lipinski definition) is 6. The van der Waals surface area contributed by atoms with Gasteiger partial charge in [0.2, 0.25) is 5.95 Å². The molecule has 2 heterocycles. The van der Waals surface area contributed by atoms with Crippen molar-refractivity contribution >= 4 is 27.3 Å². The lowest BCUT2D eigenvalue weighted by Crippen LogP contribution is -2.37. The molecule has 7 heteroatoms. The second kappa shape index (κ2) is 7.23. The first kappa shape index (κ1) is 18.6. The Hall–Kier alpha value is -2.15. The zero-order chi connectivity index (χ0) is 18.9. The van der Waals surface area contributed by atoms with Crippen molar-refractivity contribution in [3.05, 3.63) is 41.1 Å². The van der Waals surface area contributed by atoms with Crippen LogP contribution in [0.4, 0.5) is 17.5 Å². The highest BCUT2D eigenvalue weighted by Crippen LogP contribution is 2.26. The van der Waals surface area contributed by atoms with Crippen LogP contribution in [-0.2, 0) is 9.84 Å². The summed E-state index contributed by atoms with van der Waals surface area (Å²) in [4.78, 5) is 11.2. The molecule has 1 aliphatic heterocycles. The van der Waals surface area contributed by atoms with Crippen molar-refractivity contribution < 1.29 is 8.42 Å². The van der Waals surface area contributed by atoms with Gasteiger partial charge in [-0.25, -0.2) is 13.4 Å². The van der Waals surface area contributed by atoms with Crippen LogP contribution >= 0.6 is 0 Å². The maximum absolute atomic E-state index is 11.9. The maximum Gasteiger partial charge on any atom is 0.227 e. The van der Waals surface area contributed by atoms with Gasteiger partial charge in [0.1, 0.15) is 5.82 Å². The van der Waals surface area contributed by atoms with E-state index in [4.69, 9.17) is 0 Å². The Balaban J connectivity index is 1.90. The van der Waals surface area contributed by atoms with Crippen LogP contribution in [0.5, 0.6) is 0 Å². The Labute approximate surface area is 155 Å². The van der Waals surface area contributed by atoms with Crippen molar-refractivity contribution in [3.63, 3.8) is 0 Å². The first-order chi connectivity index (χ1) is 12.3. The molecule has 3 rings (SSSR count). The summed E-state index contributed by atoms with van der Waals surface area (Å²) in [6.07, 6.45) is 0.632. The van der Waals surface area contributed by atoms with Gasteiger partial charge >= 0.3 is 0 Å². The van der Waals surface area contributed by atoms with Crippen LogP contribution in [0, 0.1) is 20.8 Å². The number of rotatable bonds is 5. The van der Waals surface area contributed by atoms with Gasteiger partial charge in [0.25, 0.3) is 0 Å². The lowest BCUT2D eigenvalue weighted by atomic mass is 10.1. The van der Waals surface area contributed by atoms with E-state index in [0.29, 0.717) is 18.9 Å². The van der Waals surface area contributed by atoms with Crippen molar-refractivity contribution in [2.24, 2.45) is 0 Å². The molecule has 2 aromatic rings. The molecule has 0 bridgehead atoms. The molecule has 1 aromatic carbocycles. The van der Waals surface area contributed by atoms with Crippen LogP contribution in [0.25, 0.3) is 0 Å². The van der Waals surface area contributed by atoms with Crippen LogP contribution < -0.4 is 10.2 Å². The fourth-order valence-corrected chi connectivity index (χ4v) is 5.08. The minimum atomic E-state index is -2.95. The van der Waals surface area contributed by atoms with Crippen molar-refractivity contribution in [1.82, 2.24) is 9.97 Å². The third-order valence-corrected chi connectivity index (χ3v) is 6.71. The SMILES string of the molecule is CCN(c1nc(C)cc(Nc2cccc(C)c2C)n1)C1CCS(=O)(=O)C1. The van der Waals surface area contributed by atoms with Gasteiger partial charge in [-0.1, -0.05) is 12.1 Å². The smallest absolute Gasteiger partial charge is 0.227 e. The number of hydrogen-bond donors (Lipinski definition) is 1. The molecule has 0 radical (unpaired) electrons. The Bertz CT molecular complexity index is 912. The molecule has 1 aliphatic rings. The first-order valence-corrected chi connectivity index (χ1v) is 10.8. The second-order valence-electron chi connectivity index (χ2n) is 6.91. The molecule has 140 valence electrons. The molecule has 1 aromatic heterocycles. The highest BCUT2D eigenvalue weighted by atomic mass is 32.2. The molecular weight excluding hydrogens is 348 g/mol. The highest BCUT2D eigenvalue weighted by Gasteiger charge is 2.33. The maximum atomic E-state index is 11.9. The van der Waals surface area contributed by atoms with Gasteiger partial charge in [0.05, 0.1) is 11.5 Å². The normalized spacial score (nSPS) is 18.7. The van der Waals surface area contributed by atoms with Crippen molar-refractivity contribution in [2.45, 2.75) is 40.2 Å². The number of aryl methyl sites for hydroxylation is 2. The van der Waals surface area contributed by atoms with Crippen LogP contribution in [0.3, 0.4) is 0 Å². The summed E-state index contributed by atoms with van der Waals surface area (Å²) in [5.41, 5.74) is 4.26. The summed E-state index contributed by atoms with van der Waals surface area (Å²) in [6.45, 7) is 8.77. The summed E-state index contributed by atoms with van der Waals surface area (Å²) in [5, 5.41) is 3.38. The first-order valence-electron chi connectivity index (χ1n) is 8.95. The van der Waals surface area contributed by atoms with Gasteiger partial charge in [-0.05, 0) is 51.3 Å². The zero-order valence-electron chi connectivity index (χ0n) is 15.8. The van der Waals surface area contributed by atoms with Gasteiger partial charge < -0.3 is 10.2 Å². The Morgan fingerprint density at radius 1 is 1.23 bits per heavy atom. The van der Waals surface area contributed by atoms with E-state index in [0.717, 1.165) is 17.2 Å². The van der Waals surface area contributed by atoms with E-state index < -0.39 is 9.84 Å². The molecule has 6 nitrogen and oxygen atoms in total. The van der Waals surface area contributed by atoms with Crippen molar-refractivity contribution in [3.8, 4) is 0 Å². The van der Waals surface area contributed by atoms with Gasteiger partial charge in [0.15, 0.2) is 9.84 Å². The van der Waals surface area contributed by atoms with E-state index in [1.165, 1.54) is 11.1 Å². The predicted octanol–water partition coefficient (Wildman–Crippen LogP) is 3.16. The van der Waals surface area contributed by atoms with Crippen molar-refractivity contribution in [2.75, 3.05) is 28.3 Å². The summed E-state index contributed by atoms with van der Waals surface area (Å²) >= 11 is 0. The average molecular weight is 375 g/mol. The quantitative estimate of drug-likeness (QED) is 0.866. The number of benzene rings is 1. The minimum absolute atomic E-state index is 0.0552. The molecular formula is C19H26N4O2S. The summed E-state index contributed by atoms with van der Waals surface area (Å²) in [6, 6.07) is 7.98. The molecule has 0 saturated carbocycles. The molecule has 1 saturated heterocycles. The number of nitrogens with zero attached hydrogens (tertiary/aromatic N) is 3. The molecule has 0 amide bonds. The number of anilines is 3. The van der Waals surface area contributed by atoms with E-state index in [-0.39, 0.29) is 17.5 Å². The molecule has 1 fully saturated rings. The van der Waals surface area contributed by atoms with Crippen LogP contribution in [0.2, 0.25) is 0 Å². The second-order valence-corrected chi connectivity index (χ2v) is 9.14. The van der Waals surface area contributed by atoms with Crippen molar-refractivity contribution in [1.29, 1.82) is 0 Å². The van der Waals surface area contributed by atoms with Gasteiger partial charge in [-0.2, -0.15) is 4.98 Å². The summed E-state index contributed by atoms with van der Waals surface area (Å²) in [7, 11) is -2.95. The summed E-state index contributed by atoms with van der Waals surface area (Å²) in [5.74, 6) is 1.73. The fraction of sp³-hybridized carbons (Fsp3) is 0.474. The Morgan fingerprint density at radius 3 is 2.65 bits per heavy atom. The van der Waals surface area contributed by atoms with Gasteiger partial charge in [-0.3, -0.25) is 0 Å². The van der Waals surface area contributed by atoms with Crippen LogP contribution in [0.1, 0.15) is 30.2 Å². The molecule has 0 spiro atoms. The largest absolute Gasteiger partial charge is 0.340 e. The summed E-state index contributed by atoms with van der Waals surface area (Å²) < 4.78 is 23.7. The van der Waals surface area contributed by atoms with Crippen LogP contribution in [-0.4, -0.2) is 42.5 Å². The monoisotopic (exact) mass is 374 g/mol. The lowest BCUT2D eigenvalue weighted by molar-refractivity contribution is 0.599.